The van der Waals surface area contributed by atoms with Gasteiger partial charge in [0.05, 0.1) is 42.4 Å². The quantitative estimate of drug-likeness (QED) is 0.240. The van der Waals surface area contributed by atoms with Gasteiger partial charge in [-0.05, 0) is 48.7 Å². The van der Waals surface area contributed by atoms with E-state index in [0.29, 0.717) is 67.7 Å². The largest absolute Gasteiger partial charge is 0.474 e. The maximum Gasteiger partial charge on any atom is 0.329 e. The second kappa shape index (κ2) is 14.9. The van der Waals surface area contributed by atoms with E-state index in [1.807, 2.05) is 23.4 Å². The van der Waals surface area contributed by atoms with Crippen LogP contribution in [0.3, 0.4) is 0 Å². The topological polar surface area (TPSA) is 164 Å². The summed E-state index contributed by atoms with van der Waals surface area (Å²) in [5, 5.41) is 8.88. The van der Waals surface area contributed by atoms with Gasteiger partial charge in [0, 0.05) is 88.8 Å². The molecule has 4 aromatic rings. The number of halogens is 1. The Kier molecular flexibility index (Phi) is 9.44. The zero-order valence-electron chi connectivity index (χ0n) is 31.1. The summed E-state index contributed by atoms with van der Waals surface area (Å²) in [7, 11) is 0. The molecule has 3 fully saturated rings. The number of carbonyl (C=O) groups excluding carboxylic acids is 3. The number of pyridine rings is 2. The zero-order chi connectivity index (χ0) is 38.3. The highest BCUT2D eigenvalue weighted by molar-refractivity contribution is 6.05. The molecule has 0 saturated carbocycles. The summed E-state index contributed by atoms with van der Waals surface area (Å²) in [5.41, 5.74) is 6.88. The lowest BCUT2D eigenvalue weighted by Crippen LogP contribution is -2.63. The number of imide groups is 1. The molecule has 3 saturated heterocycles. The van der Waals surface area contributed by atoms with Crippen molar-refractivity contribution in [2.24, 2.45) is 0 Å². The first-order chi connectivity index (χ1) is 27.3. The SMILES string of the molecule is Cc1c(N2CCc3cnc(Nc4ccc(CC(=O)N5CCN(C6CN(c7ccc(N8CCC(=O)NC8=O)nc7)C6)CC5)c(F)c4)nc3C2)cnc2c1NCCO2. The number of hydrogen-bond donors (Lipinski definition) is 3. The highest BCUT2D eigenvalue weighted by Crippen LogP contribution is 2.36. The van der Waals surface area contributed by atoms with E-state index in [0.717, 1.165) is 79.6 Å². The number of aromatic nitrogens is 4. The number of carbonyl (C=O) groups is 3. The van der Waals surface area contributed by atoms with Crippen LogP contribution in [0.4, 0.5) is 43.7 Å². The minimum absolute atomic E-state index is 0.00843. The van der Waals surface area contributed by atoms with Gasteiger partial charge in [-0.3, -0.25) is 24.7 Å². The van der Waals surface area contributed by atoms with Crippen LogP contribution in [0.1, 0.15) is 28.8 Å². The van der Waals surface area contributed by atoms with Gasteiger partial charge in [0.2, 0.25) is 23.6 Å². The number of piperazine rings is 1. The van der Waals surface area contributed by atoms with Gasteiger partial charge in [-0.1, -0.05) is 6.07 Å². The van der Waals surface area contributed by atoms with Gasteiger partial charge in [-0.25, -0.2) is 29.1 Å². The fraction of sp³-hybridized carbons (Fsp3) is 0.410. The highest BCUT2D eigenvalue weighted by atomic mass is 19.1. The lowest BCUT2D eigenvalue weighted by molar-refractivity contribution is -0.132. The molecule has 290 valence electrons. The first kappa shape index (κ1) is 35.6. The monoisotopic (exact) mass is 762 g/mol. The minimum atomic E-state index is -0.453. The van der Waals surface area contributed by atoms with Crippen LogP contribution in [0.15, 0.2) is 48.9 Å². The van der Waals surface area contributed by atoms with Crippen molar-refractivity contribution in [1.82, 2.24) is 35.1 Å². The van der Waals surface area contributed by atoms with Crippen LogP contribution in [0.5, 0.6) is 5.88 Å². The van der Waals surface area contributed by atoms with Gasteiger partial charge < -0.3 is 30.1 Å². The van der Waals surface area contributed by atoms with Gasteiger partial charge in [0.15, 0.2) is 0 Å². The summed E-state index contributed by atoms with van der Waals surface area (Å²) in [6.07, 6.45) is 6.49. The number of rotatable bonds is 8. The molecule has 3 aromatic heterocycles. The van der Waals surface area contributed by atoms with Gasteiger partial charge in [0.1, 0.15) is 23.9 Å². The number of urea groups is 1. The fourth-order valence-electron chi connectivity index (χ4n) is 8.01. The summed E-state index contributed by atoms with van der Waals surface area (Å²) < 4.78 is 21.1. The molecule has 8 heterocycles. The average molecular weight is 763 g/mol. The summed E-state index contributed by atoms with van der Waals surface area (Å²) in [6.45, 7) is 9.52. The summed E-state index contributed by atoms with van der Waals surface area (Å²) in [4.78, 5) is 65.3. The van der Waals surface area contributed by atoms with Crippen LogP contribution in [0.25, 0.3) is 0 Å². The number of nitrogens with one attached hydrogen (secondary N) is 3. The molecular weight excluding hydrogens is 720 g/mol. The molecule has 0 unspecified atom stereocenters. The Morgan fingerprint density at radius 3 is 2.61 bits per heavy atom. The van der Waals surface area contributed by atoms with Crippen LogP contribution in [-0.4, -0.2) is 119 Å². The standard InChI is InChI=1S/C39H43FN12O4/c1-24-32(20-43-37-36(24)41-8-15-56-37)50-9-6-26-18-44-38(46-31(26)23-50)45-27-3-2-25(30(40)17-27)16-35(54)49-13-11-48(12-14-49)29-21-51(22-29)28-4-5-33(42-19-28)52-10-7-34(53)47-39(52)55/h2-5,17-20,29,41H,6-16,21-23H2,1H3,(H,44,45,46)(H,47,53,55). The number of benzene rings is 1. The smallest absolute Gasteiger partial charge is 0.329 e. The average Bonchev–Trinajstić information content (AvgIpc) is 3.19. The van der Waals surface area contributed by atoms with Crippen LogP contribution < -0.4 is 35.4 Å². The fourth-order valence-corrected chi connectivity index (χ4v) is 8.01. The molecule has 16 nitrogen and oxygen atoms in total. The molecule has 17 heteroatoms. The summed E-state index contributed by atoms with van der Waals surface area (Å²) in [6, 6.07) is 8.47. The van der Waals surface area contributed by atoms with Crippen molar-refractivity contribution in [3.63, 3.8) is 0 Å². The number of fused-ring (bicyclic) bond motifs is 2. The van der Waals surface area contributed by atoms with Crippen molar-refractivity contribution in [2.45, 2.75) is 38.8 Å². The molecule has 0 aliphatic carbocycles. The molecular formula is C39H43FN12O4. The predicted molar refractivity (Wildman–Crippen MR) is 207 cm³/mol. The lowest BCUT2D eigenvalue weighted by Gasteiger charge is -2.49. The Morgan fingerprint density at radius 2 is 1.82 bits per heavy atom. The van der Waals surface area contributed by atoms with Crippen LogP contribution in [0.2, 0.25) is 0 Å². The molecule has 56 heavy (non-hydrogen) atoms. The first-order valence-electron chi connectivity index (χ1n) is 19.1. The molecule has 0 bridgehead atoms. The van der Waals surface area contributed by atoms with E-state index in [1.165, 1.54) is 11.0 Å². The Morgan fingerprint density at radius 1 is 0.964 bits per heavy atom. The second-order valence-corrected chi connectivity index (χ2v) is 14.8. The van der Waals surface area contributed by atoms with Crippen molar-refractivity contribution in [3.8, 4) is 5.88 Å². The summed E-state index contributed by atoms with van der Waals surface area (Å²) >= 11 is 0. The number of ether oxygens (including phenoxy) is 1. The van der Waals surface area contributed by atoms with Crippen molar-refractivity contribution in [1.29, 1.82) is 0 Å². The number of nitrogens with zero attached hydrogens (tertiary/aromatic N) is 9. The first-order valence-corrected chi connectivity index (χ1v) is 19.1. The van der Waals surface area contributed by atoms with Crippen molar-refractivity contribution < 1.29 is 23.5 Å². The van der Waals surface area contributed by atoms with E-state index >= 15 is 4.39 Å². The molecule has 5 aliphatic rings. The van der Waals surface area contributed by atoms with E-state index in [4.69, 9.17) is 9.72 Å². The van der Waals surface area contributed by atoms with Crippen LogP contribution in [0, 0.1) is 12.7 Å². The molecule has 0 radical (unpaired) electrons. The summed E-state index contributed by atoms with van der Waals surface area (Å²) in [5.74, 6) is 0.715. The highest BCUT2D eigenvalue weighted by Gasteiger charge is 2.35. The Bertz CT molecular complexity index is 2170. The van der Waals surface area contributed by atoms with E-state index in [-0.39, 0.29) is 24.7 Å². The number of hydrogen-bond acceptors (Lipinski definition) is 13. The molecule has 9 rings (SSSR count). The van der Waals surface area contributed by atoms with Crippen LogP contribution in [-0.2, 0) is 29.0 Å². The minimum Gasteiger partial charge on any atom is -0.474 e. The second-order valence-electron chi connectivity index (χ2n) is 14.8. The molecule has 0 spiro atoms. The van der Waals surface area contributed by atoms with E-state index < -0.39 is 11.8 Å². The third kappa shape index (κ3) is 7.09. The Labute approximate surface area is 323 Å². The van der Waals surface area contributed by atoms with Gasteiger partial charge >= 0.3 is 6.03 Å². The molecule has 5 aliphatic heterocycles. The number of anilines is 6. The van der Waals surface area contributed by atoms with Gasteiger partial charge in [0.25, 0.3) is 0 Å². The van der Waals surface area contributed by atoms with E-state index in [1.54, 1.807) is 24.4 Å². The van der Waals surface area contributed by atoms with Crippen LogP contribution >= 0.6 is 0 Å². The lowest BCUT2D eigenvalue weighted by atomic mass is 10.0. The van der Waals surface area contributed by atoms with E-state index in [9.17, 15) is 14.4 Å². The molecule has 4 amide bonds. The third-order valence-electron chi connectivity index (χ3n) is 11.3. The normalized spacial score (nSPS) is 18.7. The van der Waals surface area contributed by atoms with Gasteiger partial charge in [-0.2, -0.15) is 0 Å². The van der Waals surface area contributed by atoms with Crippen molar-refractivity contribution in [3.05, 3.63) is 77.1 Å². The molecule has 3 N–H and O–H groups in total. The predicted octanol–water partition coefficient (Wildman–Crippen LogP) is 2.85. The van der Waals surface area contributed by atoms with E-state index in [2.05, 4.69) is 52.5 Å². The van der Waals surface area contributed by atoms with Gasteiger partial charge in [-0.15, -0.1) is 0 Å². The number of amides is 4. The zero-order valence-corrected chi connectivity index (χ0v) is 31.1. The van der Waals surface area contributed by atoms with Crippen molar-refractivity contribution >= 4 is 52.4 Å². The third-order valence-corrected chi connectivity index (χ3v) is 11.3. The molecule has 0 atom stereocenters. The maximum atomic E-state index is 15.4. The Hall–Kier alpha value is -6.10. The van der Waals surface area contributed by atoms with Crippen molar-refractivity contribution in [2.75, 3.05) is 90.8 Å². The Balaban J connectivity index is 0.747. The maximum absolute atomic E-state index is 15.4. The molecule has 1 aromatic carbocycles.